The van der Waals surface area contributed by atoms with Gasteiger partial charge < -0.3 is 14.3 Å². The van der Waals surface area contributed by atoms with Crippen LogP contribution in [0.2, 0.25) is 0 Å². The lowest BCUT2D eigenvalue weighted by molar-refractivity contribution is -0.385. The van der Waals surface area contributed by atoms with Gasteiger partial charge in [-0.1, -0.05) is 24.8 Å². The predicted molar refractivity (Wildman–Crippen MR) is 110 cm³/mol. The topological polar surface area (TPSA) is 144 Å². The van der Waals surface area contributed by atoms with Crippen LogP contribution in [0.4, 0.5) is 5.69 Å². The van der Waals surface area contributed by atoms with Crippen LogP contribution in [-0.4, -0.2) is 28.5 Å². The van der Waals surface area contributed by atoms with Gasteiger partial charge >= 0.3 is 11.6 Å². The minimum Gasteiger partial charge on any atom is -0.502 e. The lowest BCUT2D eigenvalue weighted by Gasteiger charge is -2.09. The van der Waals surface area contributed by atoms with Crippen molar-refractivity contribution in [2.45, 2.75) is 0 Å². The Morgan fingerprint density at radius 3 is 2.68 bits per heavy atom. The third-order valence-electron chi connectivity index (χ3n) is 4.11. The Morgan fingerprint density at radius 1 is 1.16 bits per heavy atom. The van der Waals surface area contributed by atoms with Gasteiger partial charge in [0, 0.05) is 17.2 Å². The van der Waals surface area contributed by atoms with Crippen molar-refractivity contribution in [1.82, 2.24) is 10.9 Å². The number of nitro benzene ring substituents is 1. The van der Waals surface area contributed by atoms with Gasteiger partial charge in [-0.2, -0.15) is 0 Å². The molecule has 0 aliphatic heterocycles. The molecule has 31 heavy (non-hydrogen) atoms. The van der Waals surface area contributed by atoms with E-state index < -0.39 is 28.2 Å². The van der Waals surface area contributed by atoms with Crippen molar-refractivity contribution in [3.8, 4) is 22.6 Å². The Morgan fingerprint density at radius 2 is 1.94 bits per heavy atom. The molecule has 0 aliphatic carbocycles. The van der Waals surface area contributed by atoms with Gasteiger partial charge in [-0.05, 0) is 35.9 Å². The Labute approximate surface area is 175 Å². The molecule has 10 heteroatoms. The molecule has 0 atom stereocenters. The van der Waals surface area contributed by atoms with Gasteiger partial charge in [0.15, 0.2) is 5.75 Å². The average molecular weight is 423 g/mol. The maximum atomic E-state index is 12.5. The largest absolute Gasteiger partial charge is 0.502 e. The highest BCUT2D eigenvalue weighted by molar-refractivity contribution is 6.01. The first-order chi connectivity index (χ1) is 14.9. The number of hydrazine groups is 1. The summed E-state index contributed by atoms with van der Waals surface area (Å²) < 4.78 is 10.7. The van der Waals surface area contributed by atoms with Crippen LogP contribution in [0.1, 0.15) is 20.9 Å². The molecule has 10 nitrogen and oxygen atoms in total. The standard InChI is InChI=1S/C21H17N3O7/c1-2-9-30-15-5-3-4-13(11-15)16-8-10-31-19(16)21(27)23-22-20(26)14-6-7-18(25)17(12-14)24(28)29/h2-8,10-12,25H,1,9H2,(H,22,26)(H,23,27). The van der Waals surface area contributed by atoms with Gasteiger partial charge in [0.05, 0.1) is 11.2 Å². The monoisotopic (exact) mass is 423 g/mol. The molecule has 0 bridgehead atoms. The highest BCUT2D eigenvalue weighted by Gasteiger charge is 2.20. The summed E-state index contributed by atoms with van der Waals surface area (Å²) in [7, 11) is 0. The van der Waals surface area contributed by atoms with E-state index in [1.165, 1.54) is 12.3 Å². The van der Waals surface area contributed by atoms with Crippen LogP contribution in [0.15, 0.2) is 71.9 Å². The molecule has 2 aromatic carbocycles. The quantitative estimate of drug-likeness (QED) is 0.301. The van der Waals surface area contributed by atoms with Crippen molar-refractivity contribution in [2.24, 2.45) is 0 Å². The number of nitro groups is 1. The number of rotatable bonds is 7. The van der Waals surface area contributed by atoms with E-state index in [0.29, 0.717) is 23.5 Å². The molecule has 3 aromatic rings. The SMILES string of the molecule is C=CCOc1cccc(-c2ccoc2C(=O)NNC(=O)c2ccc(O)c([N+](=O)[O-])c2)c1. The maximum Gasteiger partial charge on any atom is 0.311 e. The van der Waals surface area contributed by atoms with Gasteiger partial charge in [-0.15, -0.1) is 0 Å². The molecule has 0 saturated carbocycles. The van der Waals surface area contributed by atoms with E-state index in [-0.39, 0.29) is 11.3 Å². The van der Waals surface area contributed by atoms with E-state index in [1.807, 2.05) is 0 Å². The first-order valence-electron chi connectivity index (χ1n) is 8.90. The number of benzene rings is 2. The fourth-order valence-electron chi connectivity index (χ4n) is 2.67. The zero-order valence-electron chi connectivity index (χ0n) is 16.0. The summed E-state index contributed by atoms with van der Waals surface area (Å²) >= 11 is 0. The number of phenols is 1. The second-order valence-corrected chi connectivity index (χ2v) is 6.16. The fraction of sp³-hybridized carbons (Fsp3) is 0.0476. The van der Waals surface area contributed by atoms with E-state index in [0.717, 1.165) is 12.1 Å². The zero-order chi connectivity index (χ0) is 22.4. The second-order valence-electron chi connectivity index (χ2n) is 6.16. The zero-order valence-corrected chi connectivity index (χ0v) is 16.0. The van der Waals surface area contributed by atoms with Crippen molar-refractivity contribution in [1.29, 1.82) is 0 Å². The molecule has 3 rings (SSSR count). The van der Waals surface area contributed by atoms with E-state index in [9.17, 15) is 24.8 Å². The molecule has 158 valence electrons. The first kappa shape index (κ1) is 21.1. The van der Waals surface area contributed by atoms with Crippen LogP contribution in [0.5, 0.6) is 11.5 Å². The van der Waals surface area contributed by atoms with Gasteiger partial charge in [-0.25, -0.2) is 0 Å². The molecule has 2 amide bonds. The van der Waals surface area contributed by atoms with Crippen LogP contribution in [0.25, 0.3) is 11.1 Å². The minimum atomic E-state index is -0.827. The van der Waals surface area contributed by atoms with Crippen LogP contribution < -0.4 is 15.6 Å². The third-order valence-corrected chi connectivity index (χ3v) is 4.11. The Kier molecular flexibility index (Phi) is 6.31. The summed E-state index contributed by atoms with van der Waals surface area (Å²) in [5, 5.41) is 20.4. The third kappa shape index (κ3) is 4.88. The van der Waals surface area contributed by atoms with Gasteiger partial charge in [0.25, 0.3) is 5.91 Å². The number of nitrogens with one attached hydrogen (secondary N) is 2. The molecule has 1 aromatic heterocycles. The first-order valence-corrected chi connectivity index (χ1v) is 8.90. The number of aromatic hydroxyl groups is 1. The van der Waals surface area contributed by atoms with E-state index in [1.54, 1.807) is 36.4 Å². The number of hydrogen-bond donors (Lipinski definition) is 3. The Balaban J connectivity index is 1.72. The minimum absolute atomic E-state index is 0.0575. The predicted octanol–water partition coefficient (Wildman–Crippen LogP) is 3.20. The van der Waals surface area contributed by atoms with Crippen molar-refractivity contribution >= 4 is 17.5 Å². The van der Waals surface area contributed by atoms with Crippen molar-refractivity contribution in [2.75, 3.05) is 6.61 Å². The van der Waals surface area contributed by atoms with E-state index in [4.69, 9.17) is 9.15 Å². The molecule has 0 fully saturated rings. The summed E-state index contributed by atoms with van der Waals surface area (Å²) in [5.41, 5.74) is 4.71. The summed E-state index contributed by atoms with van der Waals surface area (Å²) in [5.74, 6) is -1.61. The molecule has 1 heterocycles. The number of carbonyl (C=O) groups excluding carboxylic acids is 2. The van der Waals surface area contributed by atoms with Crippen molar-refractivity contribution in [3.63, 3.8) is 0 Å². The molecule has 0 unspecified atom stereocenters. The van der Waals surface area contributed by atoms with Crippen LogP contribution in [-0.2, 0) is 0 Å². The fourth-order valence-corrected chi connectivity index (χ4v) is 2.67. The number of amides is 2. The summed E-state index contributed by atoms with van der Waals surface area (Å²) in [4.78, 5) is 34.8. The Hall–Kier alpha value is -4.60. The molecule has 0 aliphatic rings. The summed E-state index contributed by atoms with van der Waals surface area (Å²) in [6, 6.07) is 11.7. The second kappa shape index (κ2) is 9.27. The van der Waals surface area contributed by atoms with Crippen molar-refractivity contribution in [3.05, 3.63) is 88.9 Å². The summed E-state index contributed by atoms with van der Waals surface area (Å²) in [6.45, 7) is 3.91. The molecular formula is C21H17N3O7. The number of ether oxygens (including phenoxy) is 1. The van der Waals surface area contributed by atoms with E-state index >= 15 is 0 Å². The van der Waals surface area contributed by atoms with Crippen LogP contribution in [0.3, 0.4) is 0 Å². The number of furan rings is 1. The highest BCUT2D eigenvalue weighted by Crippen LogP contribution is 2.28. The lowest BCUT2D eigenvalue weighted by Crippen LogP contribution is -2.41. The molecule has 0 spiro atoms. The maximum absolute atomic E-state index is 12.5. The van der Waals surface area contributed by atoms with Gasteiger partial charge in [0.1, 0.15) is 12.4 Å². The van der Waals surface area contributed by atoms with Gasteiger partial charge in [0.2, 0.25) is 5.76 Å². The lowest BCUT2D eigenvalue weighted by atomic mass is 10.1. The van der Waals surface area contributed by atoms with E-state index in [2.05, 4.69) is 17.4 Å². The number of nitrogens with zero attached hydrogens (tertiary/aromatic N) is 1. The smallest absolute Gasteiger partial charge is 0.311 e. The number of carbonyl (C=O) groups is 2. The molecular weight excluding hydrogens is 406 g/mol. The van der Waals surface area contributed by atoms with Gasteiger partial charge in [-0.3, -0.25) is 30.6 Å². The molecule has 3 N–H and O–H groups in total. The van der Waals surface area contributed by atoms with Crippen LogP contribution >= 0.6 is 0 Å². The number of hydrogen-bond acceptors (Lipinski definition) is 7. The van der Waals surface area contributed by atoms with Crippen molar-refractivity contribution < 1.29 is 28.8 Å². The molecule has 0 radical (unpaired) electrons. The Bertz CT molecular complexity index is 1150. The number of phenolic OH excluding ortho intramolecular Hbond substituents is 1. The molecule has 0 saturated heterocycles. The van der Waals surface area contributed by atoms with Crippen LogP contribution in [0, 0.1) is 10.1 Å². The normalized spacial score (nSPS) is 10.2. The highest BCUT2D eigenvalue weighted by atomic mass is 16.6. The average Bonchev–Trinajstić information content (AvgIpc) is 3.26. The summed E-state index contributed by atoms with van der Waals surface area (Å²) in [6.07, 6.45) is 2.93.